The molecule has 0 spiro atoms. The maximum absolute atomic E-state index is 12.7. The number of likely N-dealkylation sites (tertiary alicyclic amines) is 1. The van der Waals surface area contributed by atoms with Gasteiger partial charge in [-0.05, 0) is 32.8 Å². The average molecular weight is 416 g/mol. The molecule has 3 heterocycles. The number of aromatic nitrogens is 1. The van der Waals surface area contributed by atoms with Crippen LogP contribution >= 0.6 is 11.8 Å². The number of rotatable bonds is 5. The molecule has 0 unspecified atom stereocenters. The van der Waals surface area contributed by atoms with Gasteiger partial charge in [-0.1, -0.05) is 18.2 Å². The van der Waals surface area contributed by atoms with Crippen LogP contribution in [0.1, 0.15) is 26.7 Å². The molecule has 2 aliphatic heterocycles. The van der Waals surface area contributed by atoms with E-state index in [1.54, 1.807) is 11.8 Å². The lowest BCUT2D eigenvalue weighted by Crippen LogP contribution is -2.48. The number of benzene rings is 1. The van der Waals surface area contributed by atoms with Gasteiger partial charge in [-0.2, -0.15) is 0 Å². The molecule has 2 aromatic rings. The third-order valence-electron chi connectivity index (χ3n) is 5.64. The van der Waals surface area contributed by atoms with Crippen LogP contribution in [0.2, 0.25) is 0 Å². The topological polar surface area (TPSA) is 54.8 Å². The molecule has 4 rings (SSSR count). The maximum atomic E-state index is 12.7. The van der Waals surface area contributed by atoms with E-state index < -0.39 is 0 Å². The van der Waals surface area contributed by atoms with Crippen LogP contribution in [0.15, 0.2) is 35.4 Å². The lowest BCUT2D eigenvalue weighted by atomic mass is 10.2. The number of para-hydroxylation sites is 1. The summed E-state index contributed by atoms with van der Waals surface area (Å²) in [7, 11) is 0. The summed E-state index contributed by atoms with van der Waals surface area (Å²) in [6, 6.07) is 8.11. The highest BCUT2D eigenvalue weighted by atomic mass is 32.2. The maximum Gasteiger partial charge on any atom is 0.242 e. The van der Waals surface area contributed by atoms with Gasteiger partial charge in [-0.25, -0.2) is 0 Å². The summed E-state index contributed by atoms with van der Waals surface area (Å²) in [5.74, 6) is 0.710. The minimum Gasteiger partial charge on any atom is -0.372 e. The second kappa shape index (κ2) is 8.79. The van der Waals surface area contributed by atoms with Gasteiger partial charge >= 0.3 is 0 Å². The molecule has 2 atom stereocenters. The van der Waals surface area contributed by atoms with Crippen LogP contribution in [-0.4, -0.2) is 70.3 Å². The Labute approximate surface area is 176 Å². The molecule has 1 aromatic carbocycles. The minimum absolute atomic E-state index is 0.0752. The van der Waals surface area contributed by atoms with Crippen molar-refractivity contribution in [1.82, 2.24) is 14.4 Å². The Kier molecular flexibility index (Phi) is 6.15. The average Bonchev–Trinajstić information content (AvgIpc) is 3.34. The smallest absolute Gasteiger partial charge is 0.242 e. The number of hydrogen-bond acceptors (Lipinski definition) is 4. The first-order valence-electron chi connectivity index (χ1n) is 10.4. The van der Waals surface area contributed by atoms with E-state index in [1.165, 1.54) is 0 Å². The molecule has 0 aliphatic carbocycles. The summed E-state index contributed by atoms with van der Waals surface area (Å²) in [6.07, 6.45) is 4.37. The molecule has 0 bridgehead atoms. The SMILES string of the molecule is C[C@@H]1CN(C(=O)CSc2cn(CC(=O)N3CCCC3)c3ccccc23)C[C@@H](C)O1. The van der Waals surface area contributed by atoms with Crippen LogP contribution < -0.4 is 0 Å². The van der Waals surface area contributed by atoms with Crippen LogP contribution in [-0.2, 0) is 20.9 Å². The molecule has 1 aromatic heterocycles. The Morgan fingerprint density at radius 1 is 1.03 bits per heavy atom. The van der Waals surface area contributed by atoms with Crippen molar-refractivity contribution in [3.05, 3.63) is 30.5 Å². The van der Waals surface area contributed by atoms with Gasteiger partial charge < -0.3 is 19.1 Å². The van der Waals surface area contributed by atoms with Gasteiger partial charge in [0.25, 0.3) is 0 Å². The molecular weight excluding hydrogens is 386 g/mol. The van der Waals surface area contributed by atoms with Crippen LogP contribution in [0.4, 0.5) is 0 Å². The fourth-order valence-corrected chi connectivity index (χ4v) is 5.27. The number of carbonyl (C=O) groups excluding carboxylic acids is 2. The van der Waals surface area contributed by atoms with Crippen molar-refractivity contribution in [1.29, 1.82) is 0 Å². The number of amides is 2. The summed E-state index contributed by atoms with van der Waals surface area (Å²) in [4.78, 5) is 30.3. The number of nitrogens with zero attached hydrogens (tertiary/aromatic N) is 3. The first kappa shape index (κ1) is 20.3. The Morgan fingerprint density at radius 3 is 2.45 bits per heavy atom. The molecule has 2 aliphatic rings. The van der Waals surface area contributed by atoms with E-state index in [4.69, 9.17) is 4.74 Å². The third kappa shape index (κ3) is 4.61. The molecule has 2 fully saturated rings. The van der Waals surface area contributed by atoms with E-state index in [2.05, 4.69) is 6.07 Å². The summed E-state index contributed by atoms with van der Waals surface area (Å²) < 4.78 is 7.76. The van der Waals surface area contributed by atoms with Gasteiger partial charge in [-0.3, -0.25) is 9.59 Å². The molecular formula is C22H29N3O3S. The zero-order valence-corrected chi connectivity index (χ0v) is 18.0. The Hall–Kier alpha value is -1.99. The highest BCUT2D eigenvalue weighted by Gasteiger charge is 2.26. The fraction of sp³-hybridized carbons (Fsp3) is 0.545. The highest BCUT2D eigenvalue weighted by molar-refractivity contribution is 8.00. The molecule has 6 nitrogen and oxygen atoms in total. The quantitative estimate of drug-likeness (QED) is 0.705. The normalized spacial score (nSPS) is 22.4. The van der Waals surface area contributed by atoms with Crippen molar-refractivity contribution < 1.29 is 14.3 Å². The zero-order valence-electron chi connectivity index (χ0n) is 17.2. The number of thioether (sulfide) groups is 1. The van der Waals surface area contributed by atoms with E-state index in [-0.39, 0.29) is 24.0 Å². The van der Waals surface area contributed by atoms with Gasteiger partial charge in [-0.15, -0.1) is 11.8 Å². The van der Waals surface area contributed by atoms with E-state index in [0.29, 0.717) is 25.4 Å². The van der Waals surface area contributed by atoms with E-state index in [0.717, 1.165) is 41.7 Å². The molecule has 0 saturated carbocycles. The van der Waals surface area contributed by atoms with Gasteiger partial charge in [0, 0.05) is 48.2 Å². The van der Waals surface area contributed by atoms with Crippen LogP contribution in [0.25, 0.3) is 10.9 Å². The summed E-state index contributed by atoms with van der Waals surface area (Å²) in [6.45, 7) is 7.40. The summed E-state index contributed by atoms with van der Waals surface area (Å²) >= 11 is 1.56. The number of morpholine rings is 1. The van der Waals surface area contributed by atoms with Crippen LogP contribution in [0.5, 0.6) is 0 Å². The van der Waals surface area contributed by atoms with E-state index in [9.17, 15) is 9.59 Å². The van der Waals surface area contributed by atoms with Gasteiger partial charge in [0.1, 0.15) is 6.54 Å². The minimum atomic E-state index is 0.0752. The number of ether oxygens (including phenoxy) is 1. The van der Waals surface area contributed by atoms with Gasteiger partial charge in [0.15, 0.2) is 0 Å². The predicted molar refractivity (Wildman–Crippen MR) is 115 cm³/mol. The van der Waals surface area contributed by atoms with Crippen molar-refractivity contribution in [2.75, 3.05) is 31.9 Å². The van der Waals surface area contributed by atoms with Gasteiger partial charge in [0.2, 0.25) is 11.8 Å². The molecule has 0 radical (unpaired) electrons. The van der Waals surface area contributed by atoms with E-state index in [1.807, 2.05) is 52.6 Å². The van der Waals surface area contributed by atoms with Crippen molar-refractivity contribution in [2.45, 2.75) is 50.3 Å². The lowest BCUT2D eigenvalue weighted by molar-refractivity contribution is -0.140. The first-order chi connectivity index (χ1) is 14.0. The molecule has 7 heteroatoms. The molecule has 2 saturated heterocycles. The van der Waals surface area contributed by atoms with Crippen molar-refractivity contribution in [3.8, 4) is 0 Å². The Morgan fingerprint density at radius 2 is 1.72 bits per heavy atom. The molecule has 29 heavy (non-hydrogen) atoms. The Bertz CT molecular complexity index is 881. The largest absolute Gasteiger partial charge is 0.372 e. The van der Waals surface area contributed by atoms with Crippen molar-refractivity contribution in [3.63, 3.8) is 0 Å². The van der Waals surface area contributed by atoms with Crippen LogP contribution in [0.3, 0.4) is 0 Å². The van der Waals surface area contributed by atoms with E-state index >= 15 is 0 Å². The monoisotopic (exact) mass is 415 g/mol. The van der Waals surface area contributed by atoms with Gasteiger partial charge in [0.05, 0.1) is 18.0 Å². The zero-order chi connectivity index (χ0) is 20.4. The second-order valence-corrected chi connectivity index (χ2v) is 9.09. The third-order valence-corrected chi connectivity index (χ3v) is 6.67. The first-order valence-corrected chi connectivity index (χ1v) is 11.4. The fourth-order valence-electron chi connectivity index (χ4n) is 4.28. The van der Waals surface area contributed by atoms with Crippen LogP contribution in [0, 0.1) is 0 Å². The lowest BCUT2D eigenvalue weighted by Gasteiger charge is -2.35. The molecule has 0 N–H and O–H groups in total. The molecule has 2 amide bonds. The second-order valence-electron chi connectivity index (χ2n) is 8.07. The van der Waals surface area contributed by atoms with Crippen molar-refractivity contribution in [2.24, 2.45) is 0 Å². The molecule has 156 valence electrons. The summed E-state index contributed by atoms with van der Waals surface area (Å²) in [5.41, 5.74) is 1.05. The van der Waals surface area contributed by atoms with Crippen molar-refractivity contribution >= 4 is 34.5 Å². The highest BCUT2D eigenvalue weighted by Crippen LogP contribution is 2.30. The number of fused-ring (bicyclic) bond motifs is 1. The standard InChI is InChI=1S/C22H29N3O3S/c1-16-11-25(12-17(2)28-16)22(27)15-29-20-13-24(19-8-4-3-7-18(19)20)14-21(26)23-9-5-6-10-23/h3-4,7-8,13,16-17H,5-6,9-12,14-15H2,1-2H3/t16-,17-/m1/s1. The number of hydrogen-bond donors (Lipinski definition) is 0. The number of carbonyl (C=O) groups is 2. The Balaban J connectivity index is 1.46. The summed E-state index contributed by atoms with van der Waals surface area (Å²) in [5, 5.41) is 1.10. The predicted octanol–water partition coefficient (Wildman–Crippen LogP) is 2.99.